The van der Waals surface area contributed by atoms with Crippen LogP contribution in [0.4, 0.5) is 0 Å². The molecule has 4 nitrogen and oxygen atoms in total. The van der Waals surface area contributed by atoms with E-state index in [-0.39, 0.29) is 5.91 Å². The summed E-state index contributed by atoms with van der Waals surface area (Å²) < 4.78 is 5.12. The fourth-order valence-corrected chi connectivity index (χ4v) is 2.35. The van der Waals surface area contributed by atoms with Crippen molar-refractivity contribution in [3.05, 3.63) is 0 Å². The first-order valence-electron chi connectivity index (χ1n) is 7.58. The van der Waals surface area contributed by atoms with E-state index < -0.39 is 0 Å². The Bertz CT molecular complexity index is 265. The van der Waals surface area contributed by atoms with E-state index in [1.165, 1.54) is 12.8 Å². The van der Waals surface area contributed by atoms with Crippen molar-refractivity contribution in [3.8, 4) is 0 Å². The molecule has 0 spiro atoms. The molecule has 0 aromatic carbocycles. The molecule has 112 valence electrons. The van der Waals surface area contributed by atoms with Gasteiger partial charge in [0.1, 0.15) is 0 Å². The standard InChI is InChI=1S/C15H30N2O2/c1-12(2)16-9-5-6-15(18)17(10-11-19-4)13(3)14-7-8-14/h12-14,16H,5-11H2,1-4H3. The maximum atomic E-state index is 12.3. The van der Waals surface area contributed by atoms with Gasteiger partial charge in [-0.2, -0.15) is 0 Å². The molecular weight excluding hydrogens is 240 g/mol. The van der Waals surface area contributed by atoms with Crippen LogP contribution in [0.3, 0.4) is 0 Å². The van der Waals surface area contributed by atoms with Gasteiger partial charge in [0.25, 0.3) is 0 Å². The Balaban J connectivity index is 2.33. The number of carbonyl (C=O) groups is 1. The number of methoxy groups -OCH3 is 1. The highest BCUT2D eigenvalue weighted by Gasteiger charge is 2.33. The fraction of sp³-hybridized carbons (Fsp3) is 0.933. The van der Waals surface area contributed by atoms with Crippen LogP contribution >= 0.6 is 0 Å². The van der Waals surface area contributed by atoms with Gasteiger partial charge in [0.15, 0.2) is 0 Å². The highest BCUT2D eigenvalue weighted by molar-refractivity contribution is 5.76. The lowest BCUT2D eigenvalue weighted by atomic mass is 10.1. The Labute approximate surface area is 117 Å². The quantitative estimate of drug-likeness (QED) is 0.618. The first kappa shape index (κ1) is 16.4. The van der Waals surface area contributed by atoms with Crippen LogP contribution in [0.5, 0.6) is 0 Å². The SMILES string of the molecule is COCCN(C(=O)CCCNC(C)C)C(C)C1CC1. The third kappa shape index (κ3) is 6.39. The number of nitrogens with one attached hydrogen (secondary N) is 1. The van der Waals surface area contributed by atoms with Gasteiger partial charge in [-0.05, 0) is 38.6 Å². The second-order valence-electron chi connectivity index (χ2n) is 5.87. The molecule has 1 atom stereocenters. The molecule has 1 unspecified atom stereocenters. The van der Waals surface area contributed by atoms with Gasteiger partial charge < -0.3 is 15.0 Å². The second kappa shape index (κ2) is 8.54. The van der Waals surface area contributed by atoms with E-state index in [9.17, 15) is 4.79 Å². The molecule has 0 saturated heterocycles. The zero-order chi connectivity index (χ0) is 14.3. The lowest BCUT2D eigenvalue weighted by molar-refractivity contribution is -0.134. The van der Waals surface area contributed by atoms with Gasteiger partial charge in [-0.1, -0.05) is 13.8 Å². The lowest BCUT2D eigenvalue weighted by Gasteiger charge is -2.29. The molecule has 19 heavy (non-hydrogen) atoms. The summed E-state index contributed by atoms with van der Waals surface area (Å²) in [5.74, 6) is 0.997. The number of nitrogens with zero attached hydrogens (tertiary/aromatic N) is 1. The van der Waals surface area contributed by atoms with Crippen molar-refractivity contribution in [2.75, 3.05) is 26.8 Å². The Morgan fingerprint density at radius 3 is 2.58 bits per heavy atom. The van der Waals surface area contributed by atoms with Crippen molar-refractivity contribution in [1.82, 2.24) is 10.2 Å². The lowest BCUT2D eigenvalue weighted by Crippen LogP contribution is -2.42. The predicted molar refractivity (Wildman–Crippen MR) is 78.1 cm³/mol. The highest BCUT2D eigenvalue weighted by Crippen LogP contribution is 2.35. The van der Waals surface area contributed by atoms with Crippen LogP contribution in [-0.4, -0.2) is 49.7 Å². The van der Waals surface area contributed by atoms with E-state index >= 15 is 0 Å². The molecular formula is C15H30N2O2. The van der Waals surface area contributed by atoms with E-state index in [1.807, 2.05) is 4.90 Å². The molecule has 1 fully saturated rings. The fourth-order valence-electron chi connectivity index (χ4n) is 2.35. The molecule has 1 N–H and O–H groups in total. The summed E-state index contributed by atoms with van der Waals surface area (Å²) in [5, 5.41) is 3.35. The molecule has 1 aliphatic rings. The Morgan fingerprint density at radius 2 is 2.05 bits per heavy atom. The van der Waals surface area contributed by atoms with Gasteiger partial charge in [0.05, 0.1) is 6.61 Å². The third-order valence-electron chi connectivity index (χ3n) is 3.77. The van der Waals surface area contributed by atoms with Crippen LogP contribution in [0, 0.1) is 5.92 Å². The predicted octanol–water partition coefficient (Wildman–Crippen LogP) is 2.04. The van der Waals surface area contributed by atoms with Crippen LogP contribution in [0.2, 0.25) is 0 Å². The number of hydrogen-bond donors (Lipinski definition) is 1. The van der Waals surface area contributed by atoms with Gasteiger partial charge in [0.2, 0.25) is 5.91 Å². The minimum atomic E-state index is 0.280. The van der Waals surface area contributed by atoms with Crippen molar-refractivity contribution in [2.24, 2.45) is 5.92 Å². The monoisotopic (exact) mass is 270 g/mol. The van der Waals surface area contributed by atoms with Crippen LogP contribution < -0.4 is 5.32 Å². The first-order chi connectivity index (χ1) is 9.06. The summed E-state index contributed by atoms with van der Waals surface area (Å²) in [6.07, 6.45) is 4.10. The smallest absolute Gasteiger partial charge is 0.222 e. The summed E-state index contributed by atoms with van der Waals surface area (Å²) in [5.41, 5.74) is 0. The molecule has 0 radical (unpaired) electrons. The number of amides is 1. The van der Waals surface area contributed by atoms with E-state index in [0.717, 1.165) is 25.4 Å². The third-order valence-corrected chi connectivity index (χ3v) is 3.77. The van der Waals surface area contributed by atoms with Crippen molar-refractivity contribution >= 4 is 5.91 Å². The largest absolute Gasteiger partial charge is 0.383 e. The second-order valence-corrected chi connectivity index (χ2v) is 5.87. The normalized spacial score (nSPS) is 16.7. The van der Waals surface area contributed by atoms with E-state index in [1.54, 1.807) is 7.11 Å². The van der Waals surface area contributed by atoms with Crippen molar-refractivity contribution < 1.29 is 9.53 Å². The summed E-state index contributed by atoms with van der Waals surface area (Å²) in [6, 6.07) is 0.866. The van der Waals surface area contributed by atoms with Gasteiger partial charge in [0, 0.05) is 32.2 Å². The molecule has 0 aromatic heterocycles. The van der Waals surface area contributed by atoms with Crippen LogP contribution in [0.15, 0.2) is 0 Å². The van der Waals surface area contributed by atoms with Gasteiger partial charge in [-0.15, -0.1) is 0 Å². The molecule has 0 heterocycles. The maximum Gasteiger partial charge on any atom is 0.222 e. The highest BCUT2D eigenvalue weighted by atomic mass is 16.5. The summed E-state index contributed by atoms with van der Waals surface area (Å²) in [6.45, 7) is 8.71. The van der Waals surface area contributed by atoms with Crippen LogP contribution in [-0.2, 0) is 9.53 Å². The van der Waals surface area contributed by atoms with E-state index in [4.69, 9.17) is 4.74 Å². The van der Waals surface area contributed by atoms with E-state index in [0.29, 0.717) is 25.1 Å². The van der Waals surface area contributed by atoms with Crippen molar-refractivity contribution in [1.29, 1.82) is 0 Å². The van der Waals surface area contributed by atoms with Crippen LogP contribution in [0.1, 0.15) is 46.5 Å². The number of rotatable bonds is 10. The topological polar surface area (TPSA) is 41.6 Å². The number of ether oxygens (including phenoxy) is 1. The van der Waals surface area contributed by atoms with E-state index in [2.05, 4.69) is 26.1 Å². The average molecular weight is 270 g/mol. The van der Waals surface area contributed by atoms with Crippen molar-refractivity contribution in [2.45, 2.75) is 58.5 Å². The summed E-state index contributed by atoms with van der Waals surface area (Å²) >= 11 is 0. The number of hydrogen-bond acceptors (Lipinski definition) is 3. The molecule has 0 aromatic rings. The molecule has 0 bridgehead atoms. The molecule has 4 heteroatoms. The molecule has 1 amide bonds. The molecule has 1 saturated carbocycles. The Morgan fingerprint density at radius 1 is 1.37 bits per heavy atom. The molecule has 0 aliphatic heterocycles. The van der Waals surface area contributed by atoms with Gasteiger partial charge >= 0.3 is 0 Å². The van der Waals surface area contributed by atoms with Gasteiger partial charge in [-0.25, -0.2) is 0 Å². The minimum Gasteiger partial charge on any atom is -0.383 e. The van der Waals surface area contributed by atoms with Crippen LogP contribution in [0.25, 0.3) is 0 Å². The van der Waals surface area contributed by atoms with Gasteiger partial charge in [-0.3, -0.25) is 4.79 Å². The zero-order valence-electron chi connectivity index (χ0n) is 12.9. The summed E-state index contributed by atoms with van der Waals surface area (Å²) in [7, 11) is 1.69. The summed E-state index contributed by atoms with van der Waals surface area (Å²) in [4.78, 5) is 14.3. The zero-order valence-corrected chi connectivity index (χ0v) is 12.9. The molecule has 1 aliphatic carbocycles. The Kier molecular flexibility index (Phi) is 7.39. The number of carbonyl (C=O) groups excluding carboxylic acids is 1. The maximum absolute atomic E-state index is 12.3. The van der Waals surface area contributed by atoms with Crippen molar-refractivity contribution in [3.63, 3.8) is 0 Å². The average Bonchev–Trinajstić information content (AvgIpc) is 3.18. The Hall–Kier alpha value is -0.610. The molecule has 1 rings (SSSR count). The minimum absolute atomic E-state index is 0.280. The first-order valence-corrected chi connectivity index (χ1v) is 7.58.